The van der Waals surface area contributed by atoms with E-state index in [1.165, 1.54) is 11.1 Å². The normalized spacial score (nSPS) is 16.4. The third-order valence-corrected chi connectivity index (χ3v) is 4.75. The summed E-state index contributed by atoms with van der Waals surface area (Å²) < 4.78 is 7.02. The molecule has 1 aromatic heterocycles. The second-order valence-electron chi connectivity index (χ2n) is 6.62. The molecule has 2 aromatic rings. The molecule has 0 bridgehead atoms. The highest BCUT2D eigenvalue weighted by molar-refractivity contribution is 5.59. The molecular formula is C18H25N5O3. The lowest BCUT2D eigenvalue weighted by Gasteiger charge is -2.35. The van der Waals surface area contributed by atoms with Crippen molar-refractivity contribution in [3.8, 4) is 0 Å². The number of aromatic nitrogens is 2. The Morgan fingerprint density at radius 3 is 2.73 bits per heavy atom. The van der Waals surface area contributed by atoms with Crippen LogP contribution in [0, 0.1) is 24.0 Å². The summed E-state index contributed by atoms with van der Waals surface area (Å²) in [5, 5.41) is 18.9. The van der Waals surface area contributed by atoms with Crippen LogP contribution in [-0.2, 0) is 11.8 Å². The Morgan fingerprint density at radius 2 is 2.08 bits per heavy atom. The van der Waals surface area contributed by atoms with Crippen LogP contribution in [0.1, 0.15) is 22.9 Å². The number of anilines is 1. The average molecular weight is 359 g/mol. The molecule has 0 radical (unpaired) electrons. The van der Waals surface area contributed by atoms with E-state index in [2.05, 4.69) is 46.5 Å². The Bertz CT molecular complexity index is 783. The van der Waals surface area contributed by atoms with Gasteiger partial charge < -0.3 is 10.1 Å². The molecule has 1 fully saturated rings. The summed E-state index contributed by atoms with van der Waals surface area (Å²) in [5.74, 6) is 0.443. The molecule has 1 saturated heterocycles. The van der Waals surface area contributed by atoms with E-state index >= 15 is 0 Å². The molecule has 2 heterocycles. The molecule has 1 aromatic carbocycles. The van der Waals surface area contributed by atoms with Gasteiger partial charge in [0.25, 0.3) is 0 Å². The molecule has 1 aliphatic heterocycles. The zero-order valence-corrected chi connectivity index (χ0v) is 15.4. The molecule has 8 nitrogen and oxygen atoms in total. The van der Waals surface area contributed by atoms with E-state index in [0.717, 1.165) is 13.1 Å². The van der Waals surface area contributed by atoms with E-state index in [1.807, 2.05) is 0 Å². The summed E-state index contributed by atoms with van der Waals surface area (Å²) in [6.45, 7) is 7.37. The lowest BCUT2D eigenvalue weighted by Crippen LogP contribution is -2.41. The van der Waals surface area contributed by atoms with Crippen molar-refractivity contribution in [1.29, 1.82) is 0 Å². The summed E-state index contributed by atoms with van der Waals surface area (Å²) >= 11 is 0. The predicted octanol–water partition coefficient (Wildman–Crippen LogP) is 2.43. The third kappa shape index (κ3) is 3.86. The number of nitrogens with zero attached hydrogens (tertiary/aromatic N) is 4. The van der Waals surface area contributed by atoms with Crippen LogP contribution in [0.3, 0.4) is 0 Å². The van der Waals surface area contributed by atoms with Crippen LogP contribution in [0.2, 0.25) is 0 Å². The van der Waals surface area contributed by atoms with Gasteiger partial charge in [-0.3, -0.25) is 15.0 Å². The van der Waals surface area contributed by atoms with Gasteiger partial charge in [0, 0.05) is 26.7 Å². The van der Waals surface area contributed by atoms with Crippen LogP contribution in [-0.4, -0.2) is 52.5 Å². The molecule has 1 aliphatic rings. The Morgan fingerprint density at radius 1 is 1.35 bits per heavy atom. The summed E-state index contributed by atoms with van der Waals surface area (Å²) in [4.78, 5) is 13.4. The summed E-state index contributed by atoms with van der Waals surface area (Å²) in [7, 11) is 1.72. The van der Waals surface area contributed by atoms with Gasteiger partial charge in [0.05, 0.1) is 24.2 Å². The van der Waals surface area contributed by atoms with Crippen molar-refractivity contribution in [3.05, 3.63) is 51.2 Å². The maximum Gasteiger partial charge on any atom is 0.333 e. The molecule has 1 atom stereocenters. The Hall–Kier alpha value is -2.45. The number of morpholine rings is 1. The molecule has 140 valence electrons. The molecule has 26 heavy (non-hydrogen) atoms. The van der Waals surface area contributed by atoms with Gasteiger partial charge in [-0.05, 0) is 19.4 Å². The van der Waals surface area contributed by atoms with Crippen LogP contribution >= 0.6 is 0 Å². The van der Waals surface area contributed by atoms with Crippen molar-refractivity contribution in [3.63, 3.8) is 0 Å². The second-order valence-corrected chi connectivity index (χ2v) is 6.62. The van der Waals surface area contributed by atoms with Crippen molar-refractivity contribution in [2.24, 2.45) is 7.05 Å². The number of hydrogen-bond acceptors (Lipinski definition) is 6. The minimum absolute atomic E-state index is 0.0393. The highest BCUT2D eigenvalue weighted by Gasteiger charge is 2.27. The van der Waals surface area contributed by atoms with Gasteiger partial charge in [-0.1, -0.05) is 29.8 Å². The summed E-state index contributed by atoms with van der Waals surface area (Å²) in [6.07, 6.45) is 0. The topological polar surface area (TPSA) is 85.5 Å². The molecule has 1 N–H and O–H groups in total. The molecule has 8 heteroatoms. The van der Waals surface area contributed by atoms with Gasteiger partial charge in [0.15, 0.2) is 0 Å². The van der Waals surface area contributed by atoms with Crippen LogP contribution in [0.4, 0.5) is 11.5 Å². The van der Waals surface area contributed by atoms with Gasteiger partial charge in [-0.15, -0.1) is 0 Å². The Labute approximate surface area is 152 Å². The van der Waals surface area contributed by atoms with Crippen molar-refractivity contribution < 1.29 is 9.66 Å². The first-order chi connectivity index (χ1) is 12.5. The fraction of sp³-hybridized carbons (Fsp3) is 0.500. The van der Waals surface area contributed by atoms with E-state index < -0.39 is 0 Å². The SMILES string of the molecule is Cc1cccc(C(CNc2c([N+](=O)[O-])c(C)nn2C)N2CCOCC2)c1. The molecule has 0 spiro atoms. The van der Waals surface area contributed by atoms with E-state index in [-0.39, 0.29) is 16.7 Å². The fourth-order valence-electron chi connectivity index (χ4n) is 3.48. The zero-order valence-electron chi connectivity index (χ0n) is 15.4. The van der Waals surface area contributed by atoms with Gasteiger partial charge in [0.2, 0.25) is 5.82 Å². The van der Waals surface area contributed by atoms with Crippen molar-refractivity contribution >= 4 is 11.5 Å². The molecule has 0 saturated carbocycles. The number of benzene rings is 1. The second kappa shape index (κ2) is 7.84. The lowest BCUT2D eigenvalue weighted by atomic mass is 10.0. The number of ether oxygens (including phenoxy) is 1. The maximum atomic E-state index is 11.4. The van der Waals surface area contributed by atoms with Gasteiger partial charge >= 0.3 is 5.69 Å². The number of aryl methyl sites for hydroxylation is 3. The molecule has 0 aliphatic carbocycles. The minimum atomic E-state index is -0.374. The first kappa shape index (κ1) is 18.3. The van der Waals surface area contributed by atoms with Gasteiger partial charge in [-0.25, -0.2) is 4.68 Å². The maximum absolute atomic E-state index is 11.4. The number of nitrogens with one attached hydrogen (secondary N) is 1. The first-order valence-corrected chi connectivity index (χ1v) is 8.77. The van der Waals surface area contributed by atoms with Gasteiger partial charge in [-0.2, -0.15) is 5.10 Å². The Balaban J connectivity index is 1.86. The molecule has 1 unspecified atom stereocenters. The third-order valence-electron chi connectivity index (χ3n) is 4.75. The highest BCUT2D eigenvalue weighted by Crippen LogP contribution is 2.29. The van der Waals surface area contributed by atoms with E-state index in [0.29, 0.717) is 31.3 Å². The summed E-state index contributed by atoms with van der Waals surface area (Å²) in [5.41, 5.74) is 2.85. The van der Waals surface area contributed by atoms with Crippen molar-refractivity contribution in [2.45, 2.75) is 19.9 Å². The predicted molar refractivity (Wildman–Crippen MR) is 99.4 cm³/mol. The number of nitro groups is 1. The van der Waals surface area contributed by atoms with Gasteiger partial charge in [0.1, 0.15) is 5.69 Å². The zero-order chi connectivity index (χ0) is 18.7. The van der Waals surface area contributed by atoms with Crippen LogP contribution in [0.15, 0.2) is 24.3 Å². The molecule has 0 amide bonds. The number of rotatable bonds is 6. The van der Waals surface area contributed by atoms with Crippen LogP contribution in [0.25, 0.3) is 0 Å². The first-order valence-electron chi connectivity index (χ1n) is 8.77. The Kier molecular flexibility index (Phi) is 5.53. The van der Waals surface area contributed by atoms with Crippen molar-refractivity contribution in [1.82, 2.24) is 14.7 Å². The van der Waals surface area contributed by atoms with E-state index in [9.17, 15) is 10.1 Å². The smallest absolute Gasteiger partial charge is 0.333 e. The lowest BCUT2D eigenvalue weighted by molar-refractivity contribution is -0.384. The van der Waals surface area contributed by atoms with E-state index in [4.69, 9.17) is 4.74 Å². The molecular weight excluding hydrogens is 334 g/mol. The fourth-order valence-corrected chi connectivity index (χ4v) is 3.48. The largest absolute Gasteiger partial charge is 0.379 e. The minimum Gasteiger partial charge on any atom is -0.379 e. The standard InChI is InChI=1S/C18H25N5O3/c1-13-5-4-6-15(11-13)16(22-7-9-26-10-8-22)12-19-18-17(23(24)25)14(2)20-21(18)3/h4-6,11,16,19H,7-10,12H2,1-3H3. The molecule has 3 rings (SSSR count). The van der Waals surface area contributed by atoms with E-state index in [1.54, 1.807) is 18.7 Å². The quantitative estimate of drug-likeness (QED) is 0.630. The van der Waals surface area contributed by atoms with Crippen molar-refractivity contribution in [2.75, 3.05) is 38.2 Å². The number of hydrogen-bond donors (Lipinski definition) is 1. The average Bonchev–Trinajstić information content (AvgIpc) is 2.90. The monoisotopic (exact) mass is 359 g/mol. The summed E-state index contributed by atoms with van der Waals surface area (Å²) in [6, 6.07) is 8.51. The highest BCUT2D eigenvalue weighted by atomic mass is 16.6. The van der Waals surface area contributed by atoms with Crippen LogP contribution < -0.4 is 5.32 Å². The van der Waals surface area contributed by atoms with Crippen LogP contribution in [0.5, 0.6) is 0 Å².